The highest BCUT2D eigenvalue weighted by molar-refractivity contribution is 6.06. The molecule has 5 unspecified atom stereocenters. The van der Waals surface area contributed by atoms with Crippen molar-refractivity contribution in [3.8, 4) is 0 Å². The van der Waals surface area contributed by atoms with E-state index in [1.54, 1.807) is 35.6 Å². The zero-order valence-electron chi connectivity index (χ0n) is 34.0. The van der Waals surface area contributed by atoms with Gasteiger partial charge in [-0.05, 0) is 25.3 Å². The number of hydrogen-bond acceptors (Lipinski definition) is 16. The average molecular weight is 883 g/mol. The van der Waals surface area contributed by atoms with Gasteiger partial charge in [0.25, 0.3) is 11.8 Å². The number of hydrogen-bond donors (Lipinski definition) is 16. The highest BCUT2D eigenvalue weighted by atomic mass is 16.4. The van der Waals surface area contributed by atoms with Crippen molar-refractivity contribution in [2.75, 3.05) is 19.7 Å². The summed E-state index contributed by atoms with van der Waals surface area (Å²) in [6, 6.07) is -4.54. The zero-order chi connectivity index (χ0) is 47.0. The van der Waals surface area contributed by atoms with Crippen LogP contribution in [0.5, 0.6) is 0 Å². The maximum atomic E-state index is 13.6. The minimum Gasteiger partial charge on any atom is -0.479 e. The molecule has 0 saturated carbocycles. The second kappa shape index (κ2) is 24.2. The molecule has 11 atom stereocenters. The van der Waals surface area contributed by atoms with Crippen LogP contribution in [-0.2, 0) is 54.5 Å². The van der Waals surface area contributed by atoms with Crippen LogP contribution in [0.1, 0.15) is 33.3 Å². The Morgan fingerprint density at radius 1 is 0.726 bits per heavy atom. The molecule has 26 nitrogen and oxygen atoms in total. The van der Waals surface area contributed by atoms with Gasteiger partial charge in [-0.1, -0.05) is 44.2 Å². The minimum absolute atomic E-state index is 0.235. The Hall–Kier alpha value is -6.32. The van der Waals surface area contributed by atoms with Crippen LogP contribution in [-0.4, -0.2) is 176 Å². The first-order chi connectivity index (χ1) is 29.0. The number of carboxylic acid groups (broad SMARTS) is 1. The molecular weight excluding hydrogens is 828 g/mol. The van der Waals surface area contributed by atoms with Gasteiger partial charge in [0, 0.05) is 13.1 Å². The second-order valence-electron chi connectivity index (χ2n) is 14.5. The lowest BCUT2D eigenvalue weighted by Crippen LogP contribution is -2.66. The number of primary amides is 1. The van der Waals surface area contributed by atoms with Crippen molar-refractivity contribution < 1.29 is 78.6 Å². The highest BCUT2D eigenvalue weighted by Crippen LogP contribution is 2.09. The van der Waals surface area contributed by atoms with Crippen molar-refractivity contribution >= 4 is 59.1 Å². The van der Waals surface area contributed by atoms with Gasteiger partial charge in [0.2, 0.25) is 47.4 Å². The molecule has 26 heteroatoms. The topological polar surface area (TPSA) is 426 Å². The van der Waals surface area contributed by atoms with Crippen LogP contribution in [0, 0.1) is 5.92 Å². The van der Waals surface area contributed by atoms with E-state index in [4.69, 9.17) is 5.73 Å². The molecule has 1 fully saturated rings. The molecule has 1 saturated heterocycles. The Balaban J connectivity index is 2.58. The van der Waals surface area contributed by atoms with E-state index in [-0.39, 0.29) is 6.54 Å². The number of aliphatic hydroxyl groups excluding tert-OH is 5. The smallest absolute Gasteiger partial charge is 0.336 e. The van der Waals surface area contributed by atoms with Crippen molar-refractivity contribution in [2.45, 2.75) is 101 Å². The van der Waals surface area contributed by atoms with E-state index in [2.05, 4.69) is 21.3 Å². The van der Waals surface area contributed by atoms with Crippen molar-refractivity contribution in [1.29, 1.82) is 0 Å². The normalized spacial score (nSPS) is 25.9. The molecule has 2 rings (SSSR count). The first kappa shape index (κ1) is 51.8. The lowest BCUT2D eigenvalue weighted by atomic mass is 9.99. The third-order valence-electron chi connectivity index (χ3n) is 9.19. The van der Waals surface area contributed by atoms with Crippen LogP contribution in [0.25, 0.3) is 0 Å². The van der Waals surface area contributed by atoms with Crippen molar-refractivity contribution in [1.82, 2.24) is 47.9 Å². The summed E-state index contributed by atoms with van der Waals surface area (Å²) in [5, 5.41) is 81.0. The molecule has 344 valence electrons. The molecule has 1 heterocycles. The predicted molar refractivity (Wildman–Crippen MR) is 209 cm³/mol. The van der Waals surface area contributed by atoms with E-state index in [1.807, 2.05) is 21.3 Å². The molecule has 1 aromatic rings. The number of carbonyl (C=O) groups is 10. The molecule has 0 aromatic heterocycles. The fourth-order valence-corrected chi connectivity index (χ4v) is 5.46. The molecule has 0 aliphatic carbocycles. The number of β-amino-alcohol motifs (C(OH)–C–C–N with tert-alkyl or cyclic N) is 1. The number of carbonyl (C=O) groups excluding carboxylic acids is 9. The molecular formula is C36H54N10O16. The molecule has 1 aromatic carbocycles. The Morgan fingerprint density at radius 2 is 1.27 bits per heavy atom. The number of aliphatic hydroxyl groups is 5. The summed E-state index contributed by atoms with van der Waals surface area (Å²) in [5.41, 5.74) is 5.88. The molecule has 17 N–H and O–H groups in total. The predicted octanol–water partition coefficient (Wildman–Crippen LogP) is -9.00. The summed E-state index contributed by atoms with van der Waals surface area (Å²) in [5.74, 6) is -15.1. The van der Waals surface area contributed by atoms with Gasteiger partial charge in [0.15, 0.2) is 6.10 Å². The maximum absolute atomic E-state index is 13.6. The zero-order valence-corrected chi connectivity index (χ0v) is 34.0. The maximum Gasteiger partial charge on any atom is 0.336 e. The number of nitrogens with two attached hydrogens (primary N) is 1. The number of nitrogens with one attached hydrogen (secondary N) is 9. The Labute approximate surface area is 353 Å². The second-order valence-corrected chi connectivity index (χ2v) is 14.5. The SMILES string of the molecule is CC(NCc1ccccc1)C(=O)NC[C@@H]1NC(=O)C(C(=O)O)NC(=O)[C@@H](O)CNC(=O)[C@H]([C@@H](C)O)NC(=O)C(C(O)C(O)C(N)=O)NC(=O)[C@H](C(C)C)NC(=O)[C@H](CO)NC1=O. The average Bonchev–Trinajstić information content (AvgIpc) is 3.22. The minimum atomic E-state index is -2.55. The van der Waals surface area contributed by atoms with Gasteiger partial charge in [0.1, 0.15) is 42.4 Å². The van der Waals surface area contributed by atoms with Crippen LogP contribution in [0.3, 0.4) is 0 Å². The Morgan fingerprint density at radius 3 is 1.82 bits per heavy atom. The Kier molecular flexibility index (Phi) is 20.2. The summed E-state index contributed by atoms with van der Waals surface area (Å²) in [7, 11) is 0. The number of rotatable bonds is 13. The third-order valence-corrected chi connectivity index (χ3v) is 9.19. The van der Waals surface area contributed by atoms with E-state index in [0.717, 1.165) is 12.5 Å². The molecule has 62 heavy (non-hydrogen) atoms. The number of aliphatic carboxylic acids is 1. The van der Waals surface area contributed by atoms with Gasteiger partial charge in [-0.3, -0.25) is 43.2 Å². The van der Waals surface area contributed by atoms with Gasteiger partial charge in [-0.25, -0.2) is 4.79 Å². The summed E-state index contributed by atoms with van der Waals surface area (Å²) < 4.78 is 0. The monoisotopic (exact) mass is 882 g/mol. The van der Waals surface area contributed by atoms with Crippen molar-refractivity contribution in [3.63, 3.8) is 0 Å². The van der Waals surface area contributed by atoms with Crippen LogP contribution in [0.4, 0.5) is 0 Å². The van der Waals surface area contributed by atoms with Crippen molar-refractivity contribution in [2.24, 2.45) is 11.7 Å². The summed E-state index contributed by atoms with van der Waals surface area (Å²) in [4.78, 5) is 130. The van der Waals surface area contributed by atoms with Gasteiger partial charge in [-0.2, -0.15) is 0 Å². The molecule has 0 bridgehead atoms. The standard InChI is InChI=1S/C36H54N10O16/c1-14(2)21-33(58)45-23(25(50)26(51)27(37)52)34(59)44-22(16(4)48)32(57)40-12-20(49)31(56)46-24(36(61)62)35(60)41-18(29(54)42-19(13-47)30(55)43-21)11-39-28(53)15(3)38-10-17-8-6-5-7-9-17/h5-9,14-16,18-26,38,47-51H,10-13H2,1-4H3,(H2,37,52)(H,39,53)(H,40,57)(H,41,60)(H,42,54)(H,43,55)(H,44,59)(H,45,58)(H,46,56)(H,61,62)/t15?,16-,18+,19+,20+,21+,22+,23?,24?,25?,26?/m1/s1. The molecule has 1 aliphatic rings. The van der Waals surface area contributed by atoms with E-state index >= 15 is 0 Å². The van der Waals surface area contributed by atoms with Gasteiger partial charge >= 0.3 is 5.97 Å². The lowest BCUT2D eigenvalue weighted by Gasteiger charge is -2.31. The molecule has 0 spiro atoms. The number of amides is 9. The fraction of sp³-hybridized carbons (Fsp3) is 0.556. The van der Waals surface area contributed by atoms with Crippen molar-refractivity contribution in [3.05, 3.63) is 35.9 Å². The number of carboxylic acids is 1. The van der Waals surface area contributed by atoms with E-state index in [1.165, 1.54) is 20.8 Å². The first-order valence-corrected chi connectivity index (χ1v) is 19.0. The highest BCUT2D eigenvalue weighted by Gasteiger charge is 2.41. The summed E-state index contributed by atoms with van der Waals surface area (Å²) >= 11 is 0. The van der Waals surface area contributed by atoms with Crippen LogP contribution in [0.2, 0.25) is 0 Å². The third kappa shape index (κ3) is 15.3. The lowest BCUT2D eigenvalue weighted by molar-refractivity contribution is -0.148. The molecule has 9 amide bonds. The van der Waals surface area contributed by atoms with Gasteiger partial charge in [-0.15, -0.1) is 0 Å². The summed E-state index contributed by atoms with van der Waals surface area (Å²) in [6.45, 7) is 2.44. The van der Waals surface area contributed by atoms with E-state index in [9.17, 15) is 78.6 Å². The first-order valence-electron chi connectivity index (χ1n) is 19.0. The van der Waals surface area contributed by atoms with Gasteiger partial charge in [0.05, 0.1) is 25.3 Å². The summed E-state index contributed by atoms with van der Waals surface area (Å²) in [6.07, 6.45) is -9.18. The fourth-order valence-electron chi connectivity index (χ4n) is 5.46. The van der Waals surface area contributed by atoms with Crippen LogP contribution >= 0.6 is 0 Å². The van der Waals surface area contributed by atoms with Crippen LogP contribution in [0.15, 0.2) is 30.3 Å². The quantitative estimate of drug-likeness (QED) is 0.0818. The van der Waals surface area contributed by atoms with Crippen LogP contribution < -0.4 is 53.6 Å². The molecule has 1 aliphatic heterocycles. The Bertz CT molecular complexity index is 1800. The van der Waals surface area contributed by atoms with E-state index in [0.29, 0.717) is 0 Å². The molecule has 0 radical (unpaired) electrons. The van der Waals surface area contributed by atoms with E-state index < -0.39 is 151 Å². The van der Waals surface area contributed by atoms with Gasteiger partial charge < -0.3 is 84.2 Å². The number of benzene rings is 1. The largest absolute Gasteiger partial charge is 0.479 e.